The van der Waals surface area contributed by atoms with Crippen LogP contribution in [0.3, 0.4) is 0 Å². The van der Waals surface area contributed by atoms with E-state index in [2.05, 4.69) is 0 Å². The Labute approximate surface area is 90.9 Å². The fourth-order valence-electron chi connectivity index (χ4n) is 1.23. The molecule has 0 aliphatic carbocycles. The Hall–Kier alpha value is -0.680. The maximum absolute atomic E-state index is 12.2. The molecular weight excluding hydrogens is 223 g/mol. The van der Waals surface area contributed by atoms with Gasteiger partial charge < -0.3 is 5.73 Å². The van der Waals surface area contributed by atoms with E-state index in [1.54, 1.807) is 18.2 Å². The van der Waals surface area contributed by atoms with Gasteiger partial charge in [-0.1, -0.05) is 18.2 Å². The Balaban J connectivity index is 2.77. The zero-order valence-corrected chi connectivity index (χ0v) is 8.87. The third-order valence-corrected chi connectivity index (χ3v) is 2.70. The van der Waals surface area contributed by atoms with Crippen molar-refractivity contribution in [3.63, 3.8) is 0 Å². The topological polar surface area (TPSA) is 26.0 Å². The fourth-order valence-corrected chi connectivity index (χ4v) is 1.92. The summed E-state index contributed by atoms with van der Waals surface area (Å²) in [6.07, 6.45) is 1.30. The fraction of sp³-hybridized carbons (Fsp3) is 0.400. The number of thioether (sulfide) groups is 1. The van der Waals surface area contributed by atoms with Crippen molar-refractivity contribution >= 4 is 11.8 Å². The van der Waals surface area contributed by atoms with E-state index in [9.17, 15) is 13.2 Å². The second-order valence-electron chi connectivity index (χ2n) is 3.05. The van der Waals surface area contributed by atoms with Gasteiger partial charge in [0.05, 0.1) is 0 Å². The molecule has 1 nitrogen and oxygen atoms in total. The predicted octanol–water partition coefficient (Wildman–Crippen LogP) is 3.19. The largest absolute Gasteiger partial charge is 0.446 e. The molecule has 0 aliphatic heterocycles. The van der Waals surface area contributed by atoms with E-state index >= 15 is 0 Å². The minimum atomic E-state index is -4.22. The lowest BCUT2D eigenvalue weighted by Gasteiger charge is -2.10. The molecule has 0 bridgehead atoms. The molecule has 2 N–H and O–H groups in total. The number of benzene rings is 1. The smallest absolute Gasteiger partial charge is 0.330 e. The second-order valence-corrected chi connectivity index (χ2v) is 4.15. The van der Waals surface area contributed by atoms with Crippen molar-refractivity contribution in [2.75, 3.05) is 6.54 Å². The summed E-state index contributed by atoms with van der Waals surface area (Å²) in [5.41, 5.74) is 1.81. The molecule has 0 amide bonds. The monoisotopic (exact) mass is 235 g/mol. The molecule has 5 heteroatoms. The second kappa shape index (κ2) is 5.42. The Morgan fingerprint density at radius 3 is 2.47 bits per heavy atom. The minimum absolute atomic E-state index is 0.0630. The highest BCUT2D eigenvalue weighted by atomic mass is 32.2. The van der Waals surface area contributed by atoms with E-state index in [0.29, 0.717) is 24.9 Å². The molecule has 1 aromatic carbocycles. The number of rotatable bonds is 4. The lowest BCUT2D eigenvalue weighted by molar-refractivity contribution is -0.0328. The van der Waals surface area contributed by atoms with Crippen molar-refractivity contribution in [3.05, 3.63) is 29.8 Å². The SMILES string of the molecule is NCCCc1ccccc1SC(F)(F)F. The lowest BCUT2D eigenvalue weighted by atomic mass is 10.1. The summed E-state index contributed by atoms with van der Waals surface area (Å²) in [7, 11) is 0. The summed E-state index contributed by atoms with van der Waals surface area (Å²) >= 11 is -0.0630. The molecule has 0 aromatic heterocycles. The first-order valence-electron chi connectivity index (χ1n) is 4.56. The average molecular weight is 235 g/mol. The molecule has 15 heavy (non-hydrogen) atoms. The first-order chi connectivity index (χ1) is 7.03. The molecule has 0 atom stereocenters. The first kappa shape index (κ1) is 12.4. The van der Waals surface area contributed by atoms with Crippen molar-refractivity contribution in [3.8, 4) is 0 Å². The first-order valence-corrected chi connectivity index (χ1v) is 5.38. The van der Waals surface area contributed by atoms with E-state index < -0.39 is 5.51 Å². The number of hydrogen-bond donors (Lipinski definition) is 1. The molecule has 84 valence electrons. The maximum atomic E-state index is 12.2. The van der Waals surface area contributed by atoms with Crippen LogP contribution < -0.4 is 5.73 Å². The third kappa shape index (κ3) is 4.57. The molecule has 0 aliphatic rings. The molecule has 1 aromatic rings. The van der Waals surface area contributed by atoms with Gasteiger partial charge in [-0.25, -0.2) is 0 Å². The van der Waals surface area contributed by atoms with E-state index in [1.165, 1.54) is 6.07 Å². The highest BCUT2D eigenvalue weighted by molar-refractivity contribution is 8.00. The van der Waals surface area contributed by atoms with Crippen molar-refractivity contribution in [2.45, 2.75) is 23.2 Å². The number of hydrogen-bond acceptors (Lipinski definition) is 2. The van der Waals surface area contributed by atoms with E-state index in [-0.39, 0.29) is 16.7 Å². The van der Waals surface area contributed by atoms with Crippen molar-refractivity contribution in [1.82, 2.24) is 0 Å². The van der Waals surface area contributed by atoms with Crippen LogP contribution in [0, 0.1) is 0 Å². The van der Waals surface area contributed by atoms with Crippen LogP contribution in [0.1, 0.15) is 12.0 Å². The standard InChI is InChI=1S/C10H12F3NS/c11-10(12,13)15-9-6-2-1-4-8(9)5-3-7-14/h1-2,4,6H,3,5,7,14H2. The molecule has 0 saturated heterocycles. The summed E-state index contributed by atoms with van der Waals surface area (Å²) < 4.78 is 36.5. The zero-order chi connectivity index (χ0) is 11.3. The van der Waals surface area contributed by atoms with Gasteiger partial charge in [0.15, 0.2) is 0 Å². The Morgan fingerprint density at radius 2 is 1.87 bits per heavy atom. The number of halogens is 3. The predicted molar refractivity (Wildman–Crippen MR) is 55.7 cm³/mol. The van der Waals surface area contributed by atoms with Gasteiger partial charge in [0.1, 0.15) is 0 Å². The summed E-state index contributed by atoms with van der Waals surface area (Å²) in [6, 6.07) is 6.56. The Morgan fingerprint density at radius 1 is 1.20 bits per heavy atom. The lowest BCUT2D eigenvalue weighted by Crippen LogP contribution is -2.03. The molecule has 0 fully saturated rings. The van der Waals surface area contributed by atoms with Crippen LogP contribution in [0.15, 0.2) is 29.2 Å². The molecule has 0 heterocycles. The highest BCUT2D eigenvalue weighted by Crippen LogP contribution is 2.38. The minimum Gasteiger partial charge on any atom is -0.330 e. The van der Waals surface area contributed by atoms with Crippen molar-refractivity contribution in [2.24, 2.45) is 5.73 Å². The zero-order valence-electron chi connectivity index (χ0n) is 8.05. The van der Waals surface area contributed by atoms with Crippen LogP contribution in [0.4, 0.5) is 13.2 Å². The highest BCUT2D eigenvalue weighted by Gasteiger charge is 2.29. The number of aryl methyl sites for hydroxylation is 1. The van der Waals surface area contributed by atoms with Gasteiger partial charge in [0.2, 0.25) is 0 Å². The molecule has 0 spiro atoms. The number of alkyl halides is 3. The van der Waals surface area contributed by atoms with E-state index in [0.717, 1.165) is 0 Å². The summed E-state index contributed by atoms with van der Waals surface area (Å²) in [4.78, 5) is 0.276. The quantitative estimate of drug-likeness (QED) is 0.811. The molecule has 0 unspecified atom stereocenters. The van der Waals surface area contributed by atoms with Crippen molar-refractivity contribution in [1.29, 1.82) is 0 Å². The third-order valence-electron chi connectivity index (χ3n) is 1.85. The maximum Gasteiger partial charge on any atom is 0.446 e. The van der Waals surface area contributed by atoms with Gasteiger partial charge in [-0.3, -0.25) is 0 Å². The summed E-state index contributed by atoms with van der Waals surface area (Å²) in [6.45, 7) is 0.491. The van der Waals surface area contributed by atoms with E-state index in [4.69, 9.17) is 5.73 Å². The molecule has 1 rings (SSSR count). The number of nitrogens with two attached hydrogens (primary N) is 1. The van der Waals surface area contributed by atoms with Crippen molar-refractivity contribution < 1.29 is 13.2 Å². The van der Waals surface area contributed by atoms with Gasteiger partial charge in [-0.2, -0.15) is 13.2 Å². The summed E-state index contributed by atoms with van der Waals surface area (Å²) in [5.74, 6) is 0. The summed E-state index contributed by atoms with van der Waals surface area (Å²) in [5, 5.41) is 0. The molecular formula is C10H12F3NS. The van der Waals surface area contributed by atoms with Crippen LogP contribution in [0.5, 0.6) is 0 Å². The Kier molecular flexibility index (Phi) is 4.47. The van der Waals surface area contributed by atoms with E-state index in [1.807, 2.05) is 0 Å². The average Bonchev–Trinajstić information content (AvgIpc) is 2.14. The van der Waals surface area contributed by atoms with Crippen LogP contribution in [0.2, 0.25) is 0 Å². The normalized spacial score (nSPS) is 11.7. The van der Waals surface area contributed by atoms with Gasteiger partial charge in [0, 0.05) is 4.90 Å². The van der Waals surface area contributed by atoms with Crippen LogP contribution in [0.25, 0.3) is 0 Å². The van der Waals surface area contributed by atoms with Gasteiger partial charge >= 0.3 is 5.51 Å². The van der Waals surface area contributed by atoms with Gasteiger partial charge in [-0.05, 0) is 42.8 Å². The van der Waals surface area contributed by atoms with Crippen LogP contribution >= 0.6 is 11.8 Å². The van der Waals surface area contributed by atoms with Gasteiger partial charge in [0.25, 0.3) is 0 Å². The van der Waals surface area contributed by atoms with Crippen LogP contribution in [-0.2, 0) is 6.42 Å². The molecule has 0 saturated carbocycles. The Bertz CT molecular complexity index is 312. The molecule has 0 radical (unpaired) electrons. The van der Waals surface area contributed by atoms with Gasteiger partial charge in [-0.15, -0.1) is 0 Å². The van der Waals surface area contributed by atoms with Crippen LogP contribution in [-0.4, -0.2) is 12.1 Å².